The Labute approximate surface area is 285 Å². The fourth-order valence-electron chi connectivity index (χ4n) is 10.9. The van der Waals surface area contributed by atoms with Gasteiger partial charge in [-0.25, -0.2) is 0 Å². The van der Waals surface area contributed by atoms with Gasteiger partial charge in [0.2, 0.25) is 0 Å². The van der Waals surface area contributed by atoms with Crippen LogP contribution in [0.25, 0.3) is 0 Å². The first-order chi connectivity index (χ1) is 18.5. The molecular weight excluding hydrogens is 738 g/mol. The van der Waals surface area contributed by atoms with Crippen molar-refractivity contribution in [1.29, 1.82) is 0 Å². The highest BCUT2D eigenvalue weighted by Gasteiger charge is 2.64. The van der Waals surface area contributed by atoms with E-state index in [9.17, 15) is 9.90 Å². The van der Waals surface area contributed by atoms with Gasteiger partial charge in [0.15, 0.2) is 0 Å². The summed E-state index contributed by atoms with van der Waals surface area (Å²) in [5.74, 6) is 2.76. The van der Waals surface area contributed by atoms with Crippen LogP contribution < -0.4 is 48.0 Å². The molecule has 0 bridgehead atoms. The van der Waals surface area contributed by atoms with E-state index in [1.165, 1.54) is 90.1 Å². The summed E-state index contributed by atoms with van der Waals surface area (Å²) < 4.78 is 6.41. The summed E-state index contributed by atoms with van der Waals surface area (Å²) in [4.78, 5) is 18.5. The molecule has 0 aromatic rings. The predicted octanol–water partition coefficient (Wildman–Crippen LogP) is 0.285. The molecule has 2 aliphatic heterocycles. The van der Waals surface area contributed by atoms with Crippen molar-refractivity contribution >= 4 is 5.97 Å². The van der Waals surface area contributed by atoms with Gasteiger partial charge >= 0.3 is 5.97 Å². The molecule has 4 saturated carbocycles. The molecular formula is C34H58I2N2O3-2. The molecule has 0 radical (unpaired) electrons. The van der Waals surface area contributed by atoms with Crippen molar-refractivity contribution in [2.45, 2.75) is 142 Å². The zero-order valence-electron chi connectivity index (χ0n) is 26.6. The molecule has 0 unspecified atom stereocenters. The Morgan fingerprint density at radius 3 is 1.95 bits per heavy atom. The SMILES string of the molecule is CC(C)(C)C(=O)O[C@H]1C[C@@H]2CC[C@@H]3[C@H](CC[C@]4(C)[C@@H](O)[C@@H](N5CCCCC5)C[C@@H]34)[C@@]2(C)C[C@@H]1N1CCCCC1.[I-].[I-]. The van der Waals surface area contributed by atoms with E-state index in [4.69, 9.17) is 4.74 Å². The molecule has 2 heterocycles. The van der Waals surface area contributed by atoms with E-state index in [1.807, 2.05) is 20.8 Å². The van der Waals surface area contributed by atoms with Crippen LogP contribution in [0.5, 0.6) is 0 Å². The molecule has 238 valence electrons. The number of likely N-dealkylation sites (tertiary alicyclic amines) is 2. The molecule has 41 heavy (non-hydrogen) atoms. The molecule has 2 saturated heterocycles. The van der Waals surface area contributed by atoms with Gasteiger partial charge in [0.1, 0.15) is 6.10 Å². The third-order valence-corrected chi connectivity index (χ3v) is 13.2. The number of carbonyl (C=O) groups is 1. The van der Waals surface area contributed by atoms with Gasteiger partial charge in [-0.3, -0.25) is 14.6 Å². The molecule has 0 aromatic heterocycles. The van der Waals surface area contributed by atoms with Crippen LogP contribution in [0.15, 0.2) is 0 Å². The van der Waals surface area contributed by atoms with Crippen LogP contribution in [-0.2, 0) is 9.53 Å². The zero-order chi connectivity index (χ0) is 27.6. The number of carbonyl (C=O) groups excluding carboxylic acids is 1. The smallest absolute Gasteiger partial charge is 0.311 e. The van der Waals surface area contributed by atoms with Crippen molar-refractivity contribution in [3.05, 3.63) is 0 Å². The number of rotatable bonds is 3. The molecule has 0 spiro atoms. The Morgan fingerprint density at radius 1 is 0.780 bits per heavy atom. The average molecular weight is 797 g/mol. The van der Waals surface area contributed by atoms with E-state index in [0.29, 0.717) is 29.3 Å². The van der Waals surface area contributed by atoms with Crippen molar-refractivity contribution < 1.29 is 62.6 Å². The van der Waals surface area contributed by atoms with Gasteiger partial charge in [-0.15, -0.1) is 0 Å². The largest absolute Gasteiger partial charge is 1.00 e. The highest BCUT2D eigenvalue weighted by molar-refractivity contribution is 5.75. The first-order valence-electron chi connectivity index (χ1n) is 16.9. The number of hydrogen-bond acceptors (Lipinski definition) is 5. The average Bonchev–Trinajstić information content (AvgIpc) is 3.19. The Hall–Kier alpha value is 0.810. The summed E-state index contributed by atoms with van der Waals surface area (Å²) in [6.07, 6.45) is 16.2. The molecule has 4 aliphatic carbocycles. The van der Waals surface area contributed by atoms with Crippen molar-refractivity contribution in [2.75, 3.05) is 26.2 Å². The minimum absolute atomic E-state index is 0. The first kappa shape index (κ1) is 34.7. The second-order valence-corrected chi connectivity index (χ2v) is 16.3. The lowest BCUT2D eigenvalue weighted by Crippen LogP contribution is -3.00. The predicted molar refractivity (Wildman–Crippen MR) is 156 cm³/mol. The van der Waals surface area contributed by atoms with Crippen LogP contribution in [0.4, 0.5) is 0 Å². The van der Waals surface area contributed by atoms with Crippen LogP contribution in [0.2, 0.25) is 0 Å². The van der Waals surface area contributed by atoms with Gasteiger partial charge in [0, 0.05) is 12.1 Å². The maximum absolute atomic E-state index is 13.1. The normalized spacial score (nSPS) is 45.3. The third-order valence-electron chi connectivity index (χ3n) is 13.2. The van der Waals surface area contributed by atoms with Crippen LogP contribution in [0.3, 0.4) is 0 Å². The van der Waals surface area contributed by atoms with E-state index in [1.54, 1.807) is 0 Å². The maximum Gasteiger partial charge on any atom is 0.311 e. The van der Waals surface area contributed by atoms with Gasteiger partial charge in [0.25, 0.3) is 0 Å². The topological polar surface area (TPSA) is 53.0 Å². The molecule has 7 heteroatoms. The molecule has 6 aliphatic rings. The number of ether oxygens (including phenoxy) is 1. The molecule has 0 aromatic carbocycles. The maximum atomic E-state index is 13.1. The summed E-state index contributed by atoms with van der Waals surface area (Å²) in [6.45, 7) is 15.8. The summed E-state index contributed by atoms with van der Waals surface area (Å²) in [6, 6.07) is 0.735. The monoisotopic (exact) mass is 796 g/mol. The minimum Gasteiger partial charge on any atom is -1.00 e. The quantitative estimate of drug-likeness (QED) is 0.329. The van der Waals surface area contributed by atoms with Crippen molar-refractivity contribution in [1.82, 2.24) is 9.80 Å². The van der Waals surface area contributed by atoms with Crippen LogP contribution in [0.1, 0.15) is 118 Å². The minimum atomic E-state index is -0.451. The van der Waals surface area contributed by atoms with E-state index >= 15 is 0 Å². The van der Waals surface area contributed by atoms with Gasteiger partial charge in [-0.05, 0) is 152 Å². The highest BCUT2D eigenvalue weighted by Crippen LogP contribution is 2.67. The zero-order valence-corrected chi connectivity index (χ0v) is 30.9. The molecule has 5 nitrogen and oxygen atoms in total. The lowest BCUT2D eigenvalue weighted by molar-refractivity contribution is -0.184. The standard InChI is InChI=1S/C34H58N2O3.2HI/c1-32(2,3)31(38)39-29-20-23-12-13-24-25(34(23,5)22-28(29)36-18-10-7-11-19-36)14-15-33(4)26(24)21-27(30(33)37)35-16-8-6-9-17-35;;/h23-30,37H,6-22H2,1-5H3;2*1H/p-2/t23-,24+,25-,26-,27-,28-,29-,30-,33-,34-;;/m0../s1. The Morgan fingerprint density at radius 2 is 1.37 bits per heavy atom. The lowest BCUT2D eigenvalue weighted by Gasteiger charge is -2.62. The summed E-state index contributed by atoms with van der Waals surface area (Å²) in [5, 5.41) is 11.8. The number of hydrogen-bond donors (Lipinski definition) is 1. The number of piperidine rings is 2. The van der Waals surface area contributed by atoms with Crippen molar-refractivity contribution in [3.8, 4) is 0 Å². The second-order valence-electron chi connectivity index (χ2n) is 16.3. The molecule has 10 atom stereocenters. The van der Waals surface area contributed by atoms with Crippen LogP contribution in [-0.4, -0.2) is 71.3 Å². The summed E-state index contributed by atoms with van der Waals surface area (Å²) >= 11 is 0. The van der Waals surface area contributed by atoms with Gasteiger partial charge in [-0.2, -0.15) is 0 Å². The van der Waals surface area contributed by atoms with Gasteiger partial charge in [-0.1, -0.05) is 26.7 Å². The van der Waals surface area contributed by atoms with Gasteiger partial charge < -0.3 is 57.8 Å². The Balaban J connectivity index is 0.00000194. The number of fused-ring (bicyclic) bond motifs is 5. The number of aliphatic hydroxyl groups is 1. The fourth-order valence-corrected chi connectivity index (χ4v) is 10.9. The van der Waals surface area contributed by atoms with E-state index < -0.39 is 5.41 Å². The van der Waals surface area contributed by atoms with Gasteiger partial charge in [0.05, 0.1) is 11.5 Å². The van der Waals surface area contributed by atoms with E-state index in [2.05, 4.69) is 23.6 Å². The first-order valence-corrected chi connectivity index (χ1v) is 16.9. The van der Waals surface area contributed by atoms with E-state index in [-0.39, 0.29) is 71.5 Å². The molecule has 1 N–H and O–H groups in total. The summed E-state index contributed by atoms with van der Waals surface area (Å²) in [5.41, 5.74) is -0.0593. The number of esters is 1. The van der Waals surface area contributed by atoms with Crippen molar-refractivity contribution in [2.24, 2.45) is 39.9 Å². The van der Waals surface area contributed by atoms with Crippen LogP contribution >= 0.6 is 0 Å². The Kier molecular flexibility index (Phi) is 11.2. The number of nitrogens with zero attached hydrogens (tertiary/aromatic N) is 2. The molecule has 6 fully saturated rings. The van der Waals surface area contributed by atoms with Crippen LogP contribution in [0, 0.1) is 39.9 Å². The second kappa shape index (κ2) is 13.3. The fraction of sp³-hybridized carbons (Fsp3) is 0.971. The molecule has 6 rings (SSSR count). The summed E-state index contributed by atoms with van der Waals surface area (Å²) in [7, 11) is 0. The number of halogens is 2. The highest BCUT2D eigenvalue weighted by atomic mass is 127. The molecule has 0 amide bonds. The lowest BCUT2D eigenvalue weighted by atomic mass is 9.44. The number of aliphatic hydroxyl groups excluding tert-OH is 1. The third kappa shape index (κ3) is 6.30. The Bertz CT molecular complexity index is 901. The van der Waals surface area contributed by atoms with Crippen molar-refractivity contribution in [3.63, 3.8) is 0 Å². The van der Waals surface area contributed by atoms with E-state index in [0.717, 1.165) is 31.3 Å².